The maximum Gasteiger partial charge on any atom is 0.269 e. The number of hydrogen-bond donors (Lipinski definition) is 3. The smallest absolute Gasteiger partial charge is 0.269 e. The Kier molecular flexibility index (Phi) is 6.37. The van der Waals surface area contributed by atoms with Gasteiger partial charge in [0.15, 0.2) is 0 Å². The summed E-state index contributed by atoms with van der Waals surface area (Å²) in [7, 11) is 0. The number of anilines is 1. The lowest BCUT2D eigenvalue weighted by Crippen LogP contribution is -2.54. The van der Waals surface area contributed by atoms with E-state index in [1.807, 2.05) is 0 Å². The van der Waals surface area contributed by atoms with Crippen molar-refractivity contribution in [3.8, 4) is 0 Å². The number of hydrogen-bond acceptors (Lipinski definition) is 7. The van der Waals surface area contributed by atoms with Gasteiger partial charge in [-0.15, -0.1) is 0 Å². The predicted molar refractivity (Wildman–Crippen MR) is 98.7 cm³/mol. The number of aromatic nitrogens is 2. The Balaban J connectivity index is 2.34. The average Bonchev–Trinajstić information content (AvgIpc) is 3.14. The predicted octanol–water partition coefficient (Wildman–Crippen LogP) is 0.731. The normalized spacial score (nSPS) is 13.2. The molecule has 2 rings (SSSR count). The van der Waals surface area contributed by atoms with Crippen LogP contribution >= 0.6 is 0 Å². The molecular weight excluding hydrogens is 352 g/mol. The molecule has 0 radical (unpaired) electrons. The summed E-state index contributed by atoms with van der Waals surface area (Å²) in [6, 6.07) is 3.12. The fourth-order valence-corrected chi connectivity index (χ4v) is 2.41. The third-order valence-electron chi connectivity index (χ3n) is 4.07. The molecule has 0 saturated heterocycles. The van der Waals surface area contributed by atoms with Gasteiger partial charge in [-0.3, -0.25) is 19.7 Å². The molecule has 1 aromatic carbocycles. The molecule has 27 heavy (non-hydrogen) atoms. The summed E-state index contributed by atoms with van der Waals surface area (Å²) in [6.07, 6.45) is 3.14. The second-order valence-corrected chi connectivity index (χ2v) is 6.44. The van der Waals surface area contributed by atoms with Crippen molar-refractivity contribution < 1.29 is 14.5 Å². The van der Waals surface area contributed by atoms with Crippen molar-refractivity contribution in [2.75, 3.05) is 4.90 Å². The van der Waals surface area contributed by atoms with Crippen molar-refractivity contribution in [2.24, 2.45) is 17.4 Å². The number of non-ortho nitro benzene ring substituents is 1. The van der Waals surface area contributed by atoms with Gasteiger partial charge in [-0.1, -0.05) is 13.8 Å². The van der Waals surface area contributed by atoms with Crippen molar-refractivity contribution in [3.63, 3.8) is 0 Å². The number of rotatable bonds is 7. The summed E-state index contributed by atoms with van der Waals surface area (Å²) in [5.41, 5.74) is 12.6. The second-order valence-electron chi connectivity index (χ2n) is 6.44. The second kappa shape index (κ2) is 8.52. The van der Waals surface area contributed by atoms with Crippen molar-refractivity contribution in [3.05, 3.63) is 52.6 Å². The highest BCUT2D eigenvalue weighted by atomic mass is 16.6. The van der Waals surface area contributed by atoms with Gasteiger partial charge in [0, 0.05) is 30.4 Å². The standard InChI is InChI=1S/C17H22N6O4/c1-10(2)15(19)17(25)22(12-3-5-13(6-4-12)23(26)27)16(24)14(18)7-11-8-20-9-21-11/h3-6,8-10,14-15H,7,18-19H2,1-2H3,(H,20,21). The minimum Gasteiger partial charge on any atom is -0.348 e. The van der Waals surface area contributed by atoms with E-state index in [0.717, 1.165) is 4.90 Å². The Morgan fingerprint density at radius 1 is 1.22 bits per heavy atom. The Bertz CT molecular complexity index is 803. The topological polar surface area (TPSA) is 161 Å². The van der Waals surface area contributed by atoms with Gasteiger partial charge in [0.1, 0.15) is 0 Å². The molecule has 0 aliphatic carbocycles. The van der Waals surface area contributed by atoms with E-state index in [0.29, 0.717) is 5.69 Å². The van der Waals surface area contributed by atoms with Gasteiger partial charge in [-0.05, 0) is 18.1 Å². The molecule has 2 atom stereocenters. The van der Waals surface area contributed by atoms with Crippen molar-refractivity contribution in [1.29, 1.82) is 0 Å². The number of imidazole rings is 1. The maximum absolute atomic E-state index is 12.9. The Labute approximate surface area is 155 Å². The maximum atomic E-state index is 12.9. The molecular formula is C17H22N6O4. The molecule has 10 nitrogen and oxygen atoms in total. The summed E-state index contributed by atoms with van der Waals surface area (Å²) >= 11 is 0. The van der Waals surface area contributed by atoms with Gasteiger partial charge in [0.25, 0.3) is 17.5 Å². The number of nitrogens with zero attached hydrogens (tertiary/aromatic N) is 3. The first-order valence-electron chi connectivity index (χ1n) is 8.33. The van der Waals surface area contributed by atoms with E-state index in [2.05, 4.69) is 9.97 Å². The van der Waals surface area contributed by atoms with E-state index in [1.165, 1.54) is 36.8 Å². The summed E-state index contributed by atoms with van der Waals surface area (Å²) in [4.78, 5) is 43.6. The average molecular weight is 374 g/mol. The molecule has 0 saturated carbocycles. The van der Waals surface area contributed by atoms with Crippen molar-refractivity contribution in [1.82, 2.24) is 9.97 Å². The molecule has 144 valence electrons. The van der Waals surface area contributed by atoms with E-state index in [-0.39, 0.29) is 23.7 Å². The molecule has 0 fully saturated rings. The molecule has 1 heterocycles. The minimum absolute atomic E-state index is 0.145. The highest BCUT2D eigenvalue weighted by Crippen LogP contribution is 2.22. The van der Waals surface area contributed by atoms with Crippen LogP contribution in [0, 0.1) is 16.0 Å². The van der Waals surface area contributed by atoms with Crippen LogP contribution in [0.4, 0.5) is 11.4 Å². The lowest BCUT2D eigenvalue weighted by Gasteiger charge is -2.27. The molecule has 2 unspecified atom stereocenters. The number of H-pyrrole nitrogens is 1. The molecule has 5 N–H and O–H groups in total. The Hall–Kier alpha value is -3.11. The van der Waals surface area contributed by atoms with Crippen LogP contribution in [-0.4, -0.2) is 38.8 Å². The zero-order chi connectivity index (χ0) is 20.1. The molecule has 2 aromatic rings. The molecule has 10 heteroatoms. The number of imide groups is 1. The molecule has 0 aliphatic heterocycles. The summed E-state index contributed by atoms with van der Waals surface area (Å²) < 4.78 is 0. The molecule has 2 amide bonds. The number of nitrogens with one attached hydrogen (secondary N) is 1. The van der Waals surface area contributed by atoms with Gasteiger partial charge >= 0.3 is 0 Å². The third kappa shape index (κ3) is 4.74. The highest BCUT2D eigenvalue weighted by Gasteiger charge is 2.33. The highest BCUT2D eigenvalue weighted by molar-refractivity contribution is 6.18. The quantitative estimate of drug-likeness (QED) is 0.475. The van der Waals surface area contributed by atoms with Crippen molar-refractivity contribution in [2.45, 2.75) is 32.4 Å². The van der Waals surface area contributed by atoms with Crippen LogP contribution in [0.2, 0.25) is 0 Å². The molecule has 0 spiro atoms. The number of nitro groups is 1. The SMILES string of the molecule is CC(C)C(N)C(=O)N(C(=O)C(N)Cc1cnc[nH]1)c1ccc([N+](=O)[O-])cc1. The van der Waals surface area contributed by atoms with E-state index < -0.39 is 28.8 Å². The van der Waals surface area contributed by atoms with Crippen LogP contribution in [0.1, 0.15) is 19.5 Å². The van der Waals surface area contributed by atoms with E-state index in [4.69, 9.17) is 11.5 Å². The monoisotopic (exact) mass is 374 g/mol. The fourth-order valence-electron chi connectivity index (χ4n) is 2.41. The first-order valence-corrected chi connectivity index (χ1v) is 8.33. The van der Waals surface area contributed by atoms with Crippen LogP contribution in [0.25, 0.3) is 0 Å². The first-order chi connectivity index (χ1) is 12.7. The number of nitro benzene ring substituents is 1. The zero-order valence-electron chi connectivity index (χ0n) is 15.0. The zero-order valence-corrected chi connectivity index (χ0v) is 15.0. The van der Waals surface area contributed by atoms with E-state index >= 15 is 0 Å². The summed E-state index contributed by atoms with van der Waals surface area (Å²) in [6.45, 7) is 3.51. The van der Waals surface area contributed by atoms with Crippen LogP contribution in [0.3, 0.4) is 0 Å². The van der Waals surface area contributed by atoms with Crippen molar-refractivity contribution >= 4 is 23.2 Å². The molecule has 1 aromatic heterocycles. The summed E-state index contributed by atoms with van der Waals surface area (Å²) in [5.74, 6) is -1.49. The van der Waals surface area contributed by atoms with Gasteiger partial charge in [0.05, 0.1) is 29.0 Å². The fraction of sp³-hybridized carbons (Fsp3) is 0.353. The third-order valence-corrected chi connectivity index (χ3v) is 4.07. The van der Waals surface area contributed by atoms with E-state index in [9.17, 15) is 19.7 Å². The number of amides is 2. The largest absolute Gasteiger partial charge is 0.348 e. The first kappa shape index (κ1) is 20.2. The van der Waals surface area contributed by atoms with E-state index in [1.54, 1.807) is 13.8 Å². The van der Waals surface area contributed by atoms with Crippen LogP contribution < -0.4 is 16.4 Å². The molecule has 0 aliphatic rings. The Morgan fingerprint density at radius 3 is 2.33 bits per heavy atom. The van der Waals surface area contributed by atoms with Gasteiger partial charge in [0.2, 0.25) is 0 Å². The summed E-state index contributed by atoms with van der Waals surface area (Å²) in [5, 5.41) is 10.8. The van der Waals surface area contributed by atoms with Gasteiger partial charge in [-0.2, -0.15) is 0 Å². The van der Waals surface area contributed by atoms with Gasteiger partial charge < -0.3 is 16.5 Å². The number of carbonyl (C=O) groups is 2. The van der Waals surface area contributed by atoms with Crippen LogP contribution in [0.15, 0.2) is 36.8 Å². The number of benzene rings is 1. The van der Waals surface area contributed by atoms with Gasteiger partial charge in [-0.25, -0.2) is 9.88 Å². The molecule has 0 bridgehead atoms. The van der Waals surface area contributed by atoms with Crippen LogP contribution in [-0.2, 0) is 16.0 Å². The number of carbonyl (C=O) groups excluding carboxylic acids is 2. The lowest BCUT2D eigenvalue weighted by atomic mass is 10.0. The number of nitrogens with two attached hydrogens (primary N) is 2. The minimum atomic E-state index is -1.02. The van der Waals surface area contributed by atoms with Crippen LogP contribution in [0.5, 0.6) is 0 Å². The lowest BCUT2D eigenvalue weighted by molar-refractivity contribution is -0.384. The number of aromatic amines is 1. The Morgan fingerprint density at radius 2 is 1.85 bits per heavy atom.